The number of anilines is 2. The number of carbonyl (C=O) groups excluding carboxylic acids is 1. The van der Waals surface area contributed by atoms with Gasteiger partial charge in [0, 0.05) is 55.0 Å². The van der Waals surface area contributed by atoms with Crippen LogP contribution in [0.25, 0.3) is 10.9 Å². The molecule has 0 unspecified atom stereocenters. The number of hydrogen-bond donors (Lipinski definition) is 2. The van der Waals surface area contributed by atoms with Crippen LogP contribution in [0.15, 0.2) is 40.6 Å². The summed E-state index contributed by atoms with van der Waals surface area (Å²) in [7, 11) is 0.594. The number of nitrogens with one attached hydrogen (secondary N) is 2. The second-order valence-corrected chi connectivity index (χ2v) is 11.9. The highest BCUT2D eigenvalue weighted by Gasteiger charge is 2.26. The number of amides is 1. The maximum Gasteiger partial charge on any atom is 0.263 e. The number of fused-ring (bicyclic) bond motifs is 1. The molecule has 4 rings (SSSR count). The fraction of sp³-hybridized carbons (Fsp3) is 0.391. The Morgan fingerprint density at radius 3 is 2.45 bits per heavy atom. The lowest BCUT2D eigenvalue weighted by molar-refractivity contribution is 0.0930. The summed E-state index contributed by atoms with van der Waals surface area (Å²) < 4.78 is 23.5. The highest BCUT2D eigenvalue weighted by Crippen LogP contribution is 2.32. The minimum atomic E-state index is -3.46. The lowest BCUT2D eigenvalue weighted by Crippen LogP contribution is -2.40. The maximum absolute atomic E-state index is 12.7. The molecule has 1 saturated carbocycles. The SMILES string of the molecule is CN(C)c1cc(NC2CCC(NC(=O)c3scc(S(C)(=O)=O)c3Cl)CC2)nc2ccccc12. The minimum Gasteiger partial charge on any atom is -0.377 e. The van der Waals surface area contributed by atoms with Gasteiger partial charge in [-0.05, 0) is 31.7 Å². The molecule has 0 atom stereocenters. The largest absolute Gasteiger partial charge is 0.377 e. The molecule has 1 aromatic carbocycles. The van der Waals surface area contributed by atoms with E-state index in [9.17, 15) is 13.2 Å². The third-order valence-electron chi connectivity index (χ3n) is 5.90. The van der Waals surface area contributed by atoms with Gasteiger partial charge in [0.25, 0.3) is 5.91 Å². The Morgan fingerprint density at radius 2 is 1.82 bits per heavy atom. The van der Waals surface area contributed by atoms with Gasteiger partial charge in [-0.2, -0.15) is 0 Å². The summed E-state index contributed by atoms with van der Waals surface area (Å²) in [5, 5.41) is 9.13. The Labute approximate surface area is 203 Å². The van der Waals surface area contributed by atoms with Crippen LogP contribution >= 0.6 is 22.9 Å². The summed E-state index contributed by atoms with van der Waals surface area (Å²) in [6.45, 7) is 0. The molecule has 0 radical (unpaired) electrons. The average Bonchev–Trinajstić information content (AvgIpc) is 3.16. The first-order valence-corrected chi connectivity index (χ1v) is 13.9. The molecule has 2 heterocycles. The molecule has 3 aromatic rings. The number of aromatic nitrogens is 1. The third-order valence-corrected chi connectivity index (χ3v) is 8.76. The molecule has 33 heavy (non-hydrogen) atoms. The first-order valence-electron chi connectivity index (χ1n) is 10.7. The Hall–Kier alpha value is -2.36. The Morgan fingerprint density at radius 1 is 1.15 bits per heavy atom. The molecule has 0 saturated heterocycles. The smallest absolute Gasteiger partial charge is 0.263 e. The van der Waals surface area contributed by atoms with E-state index in [0.717, 1.165) is 65.7 Å². The van der Waals surface area contributed by atoms with Gasteiger partial charge < -0.3 is 15.5 Å². The van der Waals surface area contributed by atoms with Gasteiger partial charge in [0.05, 0.1) is 15.4 Å². The van der Waals surface area contributed by atoms with Crippen molar-refractivity contribution < 1.29 is 13.2 Å². The molecule has 2 N–H and O–H groups in total. The van der Waals surface area contributed by atoms with E-state index in [0.29, 0.717) is 0 Å². The Bertz CT molecular complexity index is 1280. The monoisotopic (exact) mass is 506 g/mol. The van der Waals surface area contributed by atoms with Crippen molar-refractivity contribution in [3.05, 3.63) is 45.6 Å². The van der Waals surface area contributed by atoms with Gasteiger partial charge >= 0.3 is 0 Å². The van der Waals surface area contributed by atoms with Crippen LogP contribution in [0.2, 0.25) is 5.02 Å². The number of para-hydroxylation sites is 1. The lowest BCUT2D eigenvalue weighted by Gasteiger charge is -2.30. The van der Waals surface area contributed by atoms with Gasteiger partial charge in [-0.25, -0.2) is 13.4 Å². The Balaban J connectivity index is 1.38. The van der Waals surface area contributed by atoms with Crippen molar-refractivity contribution in [3.63, 3.8) is 0 Å². The van der Waals surface area contributed by atoms with E-state index in [1.54, 1.807) is 0 Å². The third kappa shape index (κ3) is 5.26. The zero-order valence-electron chi connectivity index (χ0n) is 18.8. The van der Waals surface area contributed by atoms with Gasteiger partial charge in [0.2, 0.25) is 0 Å². The van der Waals surface area contributed by atoms with Crippen LogP contribution < -0.4 is 15.5 Å². The summed E-state index contributed by atoms with van der Waals surface area (Å²) in [4.78, 5) is 19.8. The average molecular weight is 507 g/mol. The first kappa shape index (κ1) is 23.8. The van der Waals surface area contributed by atoms with Crippen molar-refractivity contribution >= 4 is 61.1 Å². The van der Waals surface area contributed by atoms with Gasteiger partial charge in [0.15, 0.2) is 9.84 Å². The second-order valence-electron chi connectivity index (χ2n) is 8.62. The van der Waals surface area contributed by atoms with Crippen LogP contribution in [0.4, 0.5) is 11.5 Å². The number of halogens is 1. The van der Waals surface area contributed by atoms with E-state index < -0.39 is 9.84 Å². The Kier molecular flexibility index (Phi) is 6.83. The molecule has 7 nitrogen and oxygen atoms in total. The number of pyridine rings is 1. The van der Waals surface area contributed by atoms with Crippen LogP contribution in [-0.2, 0) is 9.84 Å². The molecule has 1 aliphatic carbocycles. The molecule has 176 valence electrons. The quantitative estimate of drug-likeness (QED) is 0.508. The highest BCUT2D eigenvalue weighted by atomic mass is 35.5. The molecule has 0 spiro atoms. The van der Waals surface area contributed by atoms with Crippen LogP contribution in [-0.4, -0.2) is 51.7 Å². The molecule has 1 fully saturated rings. The van der Waals surface area contributed by atoms with Crippen molar-refractivity contribution in [1.82, 2.24) is 10.3 Å². The normalized spacial score (nSPS) is 18.8. The standard InChI is InChI=1S/C23H27ClN4O3S2/c1-28(2)18-12-20(27-17-7-5-4-6-16(17)18)25-14-8-10-15(11-9-14)26-23(29)22-21(24)19(13-32-22)33(3,30)31/h4-7,12-15H,8-11H2,1-3H3,(H,25,27)(H,26,29). The summed E-state index contributed by atoms with van der Waals surface area (Å²) in [6, 6.07) is 10.5. The number of thiophene rings is 1. The summed E-state index contributed by atoms with van der Waals surface area (Å²) in [6.07, 6.45) is 4.51. The van der Waals surface area contributed by atoms with Gasteiger partial charge in [-0.15, -0.1) is 11.3 Å². The van der Waals surface area contributed by atoms with E-state index >= 15 is 0 Å². The van der Waals surface area contributed by atoms with Crippen molar-refractivity contribution in [2.24, 2.45) is 0 Å². The van der Waals surface area contributed by atoms with Crippen LogP contribution in [0.5, 0.6) is 0 Å². The van der Waals surface area contributed by atoms with E-state index in [1.807, 2.05) is 32.3 Å². The number of sulfone groups is 1. The van der Waals surface area contributed by atoms with Crippen LogP contribution in [0.1, 0.15) is 35.4 Å². The molecule has 10 heteroatoms. The fourth-order valence-electron chi connectivity index (χ4n) is 4.17. The number of benzene rings is 1. The molecule has 1 amide bonds. The fourth-order valence-corrected chi connectivity index (χ4v) is 6.99. The molecule has 0 bridgehead atoms. The predicted molar refractivity (Wildman–Crippen MR) is 136 cm³/mol. The zero-order chi connectivity index (χ0) is 23.8. The zero-order valence-corrected chi connectivity index (χ0v) is 21.1. The van der Waals surface area contributed by atoms with E-state index in [1.165, 1.54) is 5.38 Å². The van der Waals surface area contributed by atoms with Crippen molar-refractivity contribution in [1.29, 1.82) is 0 Å². The summed E-state index contributed by atoms with van der Waals surface area (Å²) >= 11 is 7.22. The van der Waals surface area contributed by atoms with Crippen LogP contribution in [0.3, 0.4) is 0 Å². The number of rotatable bonds is 6. The molecule has 1 aliphatic rings. The number of hydrogen-bond acceptors (Lipinski definition) is 7. The minimum absolute atomic E-state index is 0.00667. The number of nitrogens with zero attached hydrogens (tertiary/aromatic N) is 2. The molecule has 0 aliphatic heterocycles. The van der Waals surface area contributed by atoms with Crippen molar-refractivity contribution in [2.45, 2.75) is 42.7 Å². The van der Waals surface area contributed by atoms with Crippen LogP contribution in [0, 0.1) is 0 Å². The summed E-state index contributed by atoms with van der Waals surface area (Å²) in [5.41, 5.74) is 2.07. The van der Waals surface area contributed by atoms with E-state index in [2.05, 4.69) is 27.7 Å². The molecular formula is C23H27ClN4O3S2. The van der Waals surface area contributed by atoms with E-state index in [-0.39, 0.29) is 32.8 Å². The van der Waals surface area contributed by atoms with Crippen molar-refractivity contribution in [3.8, 4) is 0 Å². The second kappa shape index (κ2) is 9.48. The topological polar surface area (TPSA) is 91.4 Å². The lowest BCUT2D eigenvalue weighted by atomic mass is 9.91. The first-order chi connectivity index (χ1) is 15.6. The van der Waals surface area contributed by atoms with Crippen molar-refractivity contribution in [2.75, 3.05) is 30.6 Å². The summed E-state index contributed by atoms with van der Waals surface area (Å²) in [5.74, 6) is 0.534. The molecular weight excluding hydrogens is 480 g/mol. The maximum atomic E-state index is 12.7. The van der Waals surface area contributed by atoms with Gasteiger partial charge in [0.1, 0.15) is 10.7 Å². The van der Waals surface area contributed by atoms with E-state index in [4.69, 9.17) is 16.6 Å². The molecule has 2 aromatic heterocycles. The highest BCUT2D eigenvalue weighted by molar-refractivity contribution is 7.91. The number of carbonyl (C=O) groups is 1. The van der Waals surface area contributed by atoms with Gasteiger partial charge in [-0.3, -0.25) is 4.79 Å². The van der Waals surface area contributed by atoms with Gasteiger partial charge in [-0.1, -0.05) is 29.8 Å². The predicted octanol–water partition coefficient (Wildman–Crippen LogP) is 4.57.